The van der Waals surface area contributed by atoms with Gasteiger partial charge in [-0.2, -0.15) is 0 Å². The zero-order chi connectivity index (χ0) is 21.9. The minimum Gasteiger partial charge on any atom is -0.319 e. The SMILES string of the molecule is C[C@H](C(=O)N1c2ccccc2C[C@@H]1C)N1C(=O)N[C@](C)(c2ccc3c(c2)CCC3)C1=O. The van der Waals surface area contributed by atoms with Crippen LogP contribution in [0.2, 0.25) is 0 Å². The first-order valence-corrected chi connectivity index (χ1v) is 11.0. The van der Waals surface area contributed by atoms with E-state index < -0.39 is 17.6 Å². The smallest absolute Gasteiger partial charge is 0.319 e. The highest BCUT2D eigenvalue weighted by Gasteiger charge is 2.53. The van der Waals surface area contributed by atoms with Gasteiger partial charge in [-0.15, -0.1) is 0 Å². The van der Waals surface area contributed by atoms with Gasteiger partial charge in [0.15, 0.2) is 0 Å². The van der Waals surface area contributed by atoms with Crippen LogP contribution in [0.25, 0.3) is 0 Å². The maximum absolute atomic E-state index is 13.5. The number of rotatable bonds is 3. The van der Waals surface area contributed by atoms with Crippen LogP contribution in [0.1, 0.15) is 49.4 Å². The van der Waals surface area contributed by atoms with E-state index in [2.05, 4.69) is 11.4 Å². The highest BCUT2D eigenvalue weighted by molar-refractivity contribution is 6.12. The van der Waals surface area contributed by atoms with Gasteiger partial charge >= 0.3 is 6.03 Å². The molecule has 160 valence electrons. The third-order valence-corrected chi connectivity index (χ3v) is 7.09. The monoisotopic (exact) mass is 417 g/mol. The molecule has 2 heterocycles. The molecule has 2 aromatic rings. The maximum atomic E-state index is 13.5. The predicted octanol–water partition coefficient (Wildman–Crippen LogP) is 3.31. The number of hydrogen-bond acceptors (Lipinski definition) is 3. The standard InChI is InChI=1S/C25H27N3O3/c1-15-13-19-7-4-5-10-21(19)27(15)22(29)16(2)28-23(30)25(3,26-24(28)31)20-12-11-17-8-6-9-18(17)14-20/h4-5,7,10-12,14-16H,6,8-9,13H2,1-3H3,(H,26,31)/t15-,16+,25+/m0/s1. The van der Waals surface area contributed by atoms with E-state index in [1.165, 1.54) is 11.1 Å². The molecule has 1 fully saturated rings. The fourth-order valence-electron chi connectivity index (χ4n) is 5.30. The number of para-hydroxylation sites is 1. The molecule has 5 rings (SSSR count). The van der Waals surface area contributed by atoms with Crippen LogP contribution in [-0.4, -0.2) is 34.8 Å². The number of fused-ring (bicyclic) bond motifs is 2. The summed E-state index contributed by atoms with van der Waals surface area (Å²) < 4.78 is 0. The van der Waals surface area contributed by atoms with Gasteiger partial charge in [0.2, 0.25) is 5.91 Å². The minimum absolute atomic E-state index is 0.0174. The van der Waals surface area contributed by atoms with E-state index in [9.17, 15) is 14.4 Å². The van der Waals surface area contributed by atoms with Gasteiger partial charge in [0.05, 0.1) is 0 Å². The largest absolute Gasteiger partial charge is 0.326 e. The third kappa shape index (κ3) is 2.88. The Kier molecular flexibility index (Phi) is 4.43. The molecule has 6 nitrogen and oxygen atoms in total. The molecule has 1 aliphatic carbocycles. The third-order valence-electron chi connectivity index (χ3n) is 7.09. The number of urea groups is 1. The van der Waals surface area contributed by atoms with E-state index in [1.807, 2.05) is 43.3 Å². The molecule has 2 aliphatic heterocycles. The molecule has 0 bridgehead atoms. The highest BCUT2D eigenvalue weighted by atomic mass is 16.2. The molecule has 6 heteroatoms. The Bertz CT molecular complexity index is 1110. The topological polar surface area (TPSA) is 69.7 Å². The summed E-state index contributed by atoms with van der Waals surface area (Å²) in [5.74, 6) is -0.615. The van der Waals surface area contributed by atoms with Crippen LogP contribution in [0.15, 0.2) is 42.5 Å². The number of benzene rings is 2. The van der Waals surface area contributed by atoms with Crippen molar-refractivity contribution in [3.05, 3.63) is 64.7 Å². The lowest BCUT2D eigenvalue weighted by Gasteiger charge is -2.30. The Balaban J connectivity index is 1.44. The van der Waals surface area contributed by atoms with Crippen LogP contribution in [0, 0.1) is 0 Å². The van der Waals surface area contributed by atoms with Gasteiger partial charge in [-0.3, -0.25) is 9.59 Å². The number of amides is 4. The summed E-state index contributed by atoms with van der Waals surface area (Å²) >= 11 is 0. The second-order valence-corrected chi connectivity index (χ2v) is 9.13. The number of nitrogens with zero attached hydrogens (tertiary/aromatic N) is 2. The van der Waals surface area contributed by atoms with Gasteiger partial charge in [-0.1, -0.05) is 36.4 Å². The van der Waals surface area contributed by atoms with Crippen LogP contribution >= 0.6 is 0 Å². The Labute approximate surface area is 182 Å². The summed E-state index contributed by atoms with van der Waals surface area (Å²) in [6.07, 6.45) is 3.93. The molecule has 0 aromatic heterocycles. The number of anilines is 1. The average Bonchev–Trinajstić information content (AvgIpc) is 3.41. The van der Waals surface area contributed by atoms with Crippen molar-refractivity contribution in [1.29, 1.82) is 0 Å². The van der Waals surface area contributed by atoms with Crippen molar-refractivity contribution in [1.82, 2.24) is 10.2 Å². The van der Waals surface area contributed by atoms with Gasteiger partial charge in [-0.25, -0.2) is 9.69 Å². The number of carbonyl (C=O) groups is 3. The Hall–Kier alpha value is -3.15. The second kappa shape index (κ2) is 6.94. The van der Waals surface area contributed by atoms with E-state index in [4.69, 9.17) is 0 Å². The Morgan fingerprint density at radius 2 is 1.84 bits per heavy atom. The quantitative estimate of drug-likeness (QED) is 0.779. The molecule has 0 radical (unpaired) electrons. The molecule has 1 saturated heterocycles. The summed E-state index contributed by atoms with van der Waals surface area (Å²) in [7, 11) is 0. The van der Waals surface area contributed by atoms with E-state index in [0.29, 0.717) is 0 Å². The summed E-state index contributed by atoms with van der Waals surface area (Å²) in [6, 6.07) is 12.4. The normalized spacial score (nSPS) is 25.5. The zero-order valence-corrected chi connectivity index (χ0v) is 18.1. The first-order valence-electron chi connectivity index (χ1n) is 11.0. The summed E-state index contributed by atoms with van der Waals surface area (Å²) in [5.41, 5.74) is 4.12. The van der Waals surface area contributed by atoms with Crippen molar-refractivity contribution in [2.45, 2.75) is 64.1 Å². The number of aryl methyl sites for hydroxylation is 2. The van der Waals surface area contributed by atoms with Crippen LogP contribution in [0.3, 0.4) is 0 Å². The van der Waals surface area contributed by atoms with Gasteiger partial charge in [0, 0.05) is 11.7 Å². The molecule has 3 aliphatic rings. The van der Waals surface area contributed by atoms with Gasteiger partial charge in [-0.05, 0) is 74.8 Å². The van der Waals surface area contributed by atoms with Crippen LogP contribution < -0.4 is 10.2 Å². The fourth-order valence-corrected chi connectivity index (χ4v) is 5.30. The van der Waals surface area contributed by atoms with Crippen molar-refractivity contribution in [3.63, 3.8) is 0 Å². The van der Waals surface area contributed by atoms with Crippen molar-refractivity contribution in [2.75, 3.05) is 4.90 Å². The lowest BCUT2D eigenvalue weighted by molar-refractivity contribution is -0.137. The molecule has 0 unspecified atom stereocenters. The van der Waals surface area contributed by atoms with Crippen molar-refractivity contribution in [2.24, 2.45) is 0 Å². The van der Waals surface area contributed by atoms with Crippen LogP contribution in [-0.2, 0) is 34.4 Å². The van der Waals surface area contributed by atoms with Gasteiger partial charge in [0.25, 0.3) is 5.91 Å². The zero-order valence-electron chi connectivity index (χ0n) is 18.1. The Morgan fingerprint density at radius 3 is 2.65 bits per heavy atom. The van der Waals surface area contributed by atoms with E-state index in [-0.39, 0.29) is 17.9 Å². The number of carbonyl (C=O) groups excluding carboxylic acids is 3. The fraction of sp³-hybridized carbons (Fsp3) is 0.400. The average molecular weight is 418 g/mol. The lowest BCUT2D eigenvalue weighted by atomic mass is 9.89. The van der Waals surface area contributed by atoms with Crippen molar-refractivity contribution < 1.29 is 14.4 Å². The molecule has 31 heavy (non-hydrogen) atoms. The summed E-state index contributed by atoms with van der Waals surface area (Å²) in [4.78, 5) is 42.7. The Morgan fingerprint density at radius 1 is 1.10 bits per heavy atom. The molecule has 2 aromatic carbocycles. The maximum Gasteiger partial charge on any atom is 0.326 e. The first-order chi connectivity index (χ1) is 14.8. The number of imide groups is 1. The van der Waals surface area contributed by atoms with Crippen molar-refractivity contribution in [3.8, 4) is 0 Å². The first kappa shape index (κ1) is 19.8. The van der Waals surface area contributed by atoms with E-state index in [1.54, 1.807) is 18.7 Å². The van der Waals surface area contributed by atoms with E-state index in [0.717, 1.165) is 47.4 Å². The molecule has 0 spiro atoms. The second-order valence-electron chi connectivity index (χ2n) is 9.13. The number of nitrogens with one attached hydrogen (secondary N) is 1. The molecule has 1 N–H and O–H groups in total. The lowest BCUT2D eigenvalue weighted by Crippen LogP contribution is -2.52. The summed E-state index contributed by atoms with van der Waals surface area (Å²) in [5, 5.41) is 2.86. The molecular weight excluding hydrogens is 390 g/mol. The van der Waals surface area contributed by atoms with Gasteiger partial charge < -0.3 is 10.2 Å². The predicted molar refractivity (Wildman–Crippen MR) is 118 cm³/mol. The van der Waals surface area contributed by atoms with Crippen LogP contribution in [0.5, 0.6) is 0 Å². The van der Waals surface area contributed by atoms with E-state index >= 15 is 0 Å². The molecule has 3 atom stereocenters. The number of hydrogen-bond donors (Lipinski definition) is 1. The van der Waals surface area contributed by atoms with Gasteiger partial charge in [0.1, 0.15) is 11.6 Å². The molecule has 0 saturated carbocycles. The summed E-state index contributed by atoms with van der Waals surface area (Å²) in [6.45, 7) is 5.36. The highest BCUT2D eigenvalue weighted by Crippen LogP contribution is 2.36. The van der Waals surface area contributed by atoms with Crippen LogP contribution in [0.4, 0.5) is 10.5 Å². The van der Waals surface area contributed by atoms with Crippen molar-refractivity contribution >= 4 is 23.5 Å². The molecular formula is C25H27N3O3. The minimum atomic E-state index is -1.17. The molecule has 4 amide bonds.